The lowest BCUT2D eigenvalue weighted by Gasteiger charge is -2.15. The molecule has 1 aromatic heterocycles. The predicted octanol–water partition coefficient (Wildman–Crippen LogP) is 5.46. The lowest BCUT2D eigenvalue weighted by atomic mass is 10.1. The van der Waals surface area contributed by atoms with Crippen LogP contribution in [0.15, 0.2) is 48.5 Å². The molecule has 0 saturated carbocycles. The Labute approximate surface area is 188 Å². The molecule has 0 fully saturated rings. The molecule has 1 heterocycles. The summed E-state index contributed by atoms with van der Waals surface area (Å²) in [7, 11) is 0. The summed E-state index contributed by atoms with van der Waals surface area (Å²) in [5, 5.41) is 3.96. The first-order chi connectivity index (χ1) is 14.3. The van der Waals surface area contributed by atoms with Gasteiger partial charge in [-0.15, -0.1) is 11.3 Å². The van der Waals surface area contributed by atoms with Crippen LogP contribution >= 0.6 is 34.5 Å². The number of primary amides is 1. The van der Waals surface area contributed by atoms with Gasteiger partial charge in [-0.1, -0.05) is 53.5 Å². The van der Waals surface area contributed by atoms with Crippen LogP contribution in [0.2, 0.25) is 10.0 Å². The number of ether oxygens (including phenoxy) is 1. The van der Waals surface area contributed by atoms with Gasteiger partial charge in [0.15, 0.2) is 6.10 Å². The number of halogens is 2. The van der Waals surface area contributed by atoms with Gasteiger partial charge in [0.25, 0.3) is 11.8 Å². The summed E-state index contributed by atoms with van der Waals surface area (Å²) in [4.78, 5) is 25.7. The van der Waals surface area contributed by atoms with E-state index in [-0.39, 0.29) is 0 Å². The lowest BCUT2D eigenvalue weighted by molar-refractivity contribution is -0.122. The van der Waals surface area contributed by atoms with E-state index < -0.39 is 17.9 Å². The van der Waals surface area contributed by atoms with Gasteiger partial charge in [0.05, 0.1) is 10.6 Å². The number of benzene rings is 2. The molecule has 8 heteroatoms. The van der Waals surface area contributed by atoms with Crippen molar-refractivity contribution < 1.29 is 14.3 Å². The van der Waals surface area contributed by atoms with Gasteiger partial charge < -0.3 is 15.8 Å². The number of hydrogen-bond acceptors (Lipinski definition) is 4. The zero-order chi connectivity index (χ0) is 21.8. The minimum atomic E-state index is -0.857. The molecule has 0 aliphatic carbocycles. The Balaban J connectivity index is 1.79. The highest BCUT2D eigenvalue weighted by molar-refractivity contribution is 7.17. The van der Waals surface area contributed by atoms with Crippen LogP contribution in [0.5, 0.6) is 5.75 Å². The van der Waals surface area contributed by atoms with Crippen molar-refractivity contribution in [2.75, 3.05) is 5.32 Å². The Bertz CT molecular complexity index is 1080. The number of nitrogens with one attached hydrogen (secondary N) is 1. The van der Waals surface area contributed by atoms with Gasteiger partial charge in [0.2, 0.25) is 0 Å². The van der Waals surface area contributed by atoms with Crippen molar-refractivity contribution in [1.29, 1.82) is 0 Å². The van der Waals surface area contributed by atoms with Crippen molar-refractivity contribution in [2.45, 2.75) is 26.4 Å². The number of anilines is 1. The van der Waals surface area contributed by atoms with Crippen LogP contribution in [-0.4, -0.2) is 17.9 Å². The van der Waals surface area contributed by atoms with Crippen molar-refractivity contribution in [3.8, 4) is 5.75 Å². The fraction of sp³-hybridized carbons (Fsp3) is 0.182. The third kappa shape index (κ3) is 5.14. The first-order valence-electron chi connectivity index (χ1n) is 9.14. The largest absolute Gasteiger partial charge is 0.479 e. The SMILES string of the molecule is Cc1c(Cc2ccccc2)sc(NC(=O)[C@@H](C)Oc2ccc(Cl)cc2Cl)c1C(N)=O. The predicted molar refractivity (Wildman–Crippen MR) is 122 cm³/mol. The van der Waals surface area contributed by atoms with Crippen LogP contribution in [0.25, 0.3) is 0 Å². The van der Waals surface area contributed by atoms with Gasteiger partial charge >= 0.3 is 0 Å². The number of thiophene rings is 1. The van der Waals surface area contributed by atoms with Crippen molar-refractivity contribution in [2.24, 2.45) is 5.73 Å². The Morgan fingerprint density at radius 3 is 2.50 bits per heavy atom. The zero-order valence-corrected chi connectivity index (χ0v) is 18.7. The van der Waals surface area contributed by atoms with Crippen LogP contribution < -0.4 is 15.8 Å². The molecule has 30 heavy (non-hydrogen) atoms. The van der Waals surface area contributed by atoms with Crippen LogP contribution in [-0.2, 0) is 11.2 Å². The fourth-order valence-corrected chi connectivity index (χ4v) is 4.62. The molecule has 156 valence electrons. The average molecular weight is 463 g/mol. The highest BCUT2D eigenvalue weighted by Gasteiger charge is 2.24. The van der Waals surface area contributed by atoms with Gasteiger partial charge in [0, 0.05) is 16.3 Å². The second-order valence-corrected chi connectivity index (χ2v) is 8.65. The number of carbonyl (C=O) groups is 2. The molecule has 3 aromatic rings. The molecule has 2 aromatic carbocycles. The standard InChI is InChI=1S/C22H20Cl2N2O3S/c1-12-18(10-14-6-4-3-5-7-14)30-22(19(12)20(25)27)26-21(28)13(2)29-17-9-8-15(23)11-16(17)24/h3-9,11,13H,10H2,1-2H3,(H2,25,27)(H,26,28)/t13-/m1/s1. The number of carbonyl (C=O) groups excluding carboxylic acids is 2. The maximum atomic E-state index is 12.7. The van der Waals surface area contributed by atoms with E-state index >= 15 is 0 Å². The van der Waals surface area contributed by atoms with Gasteiger partial charge in [-0.25, -0.2) is 0 Å². The van der Waals surface area contributed by atoms with E-state index in [1.807, 2.05) is 37.3 Å². The maximum absolute atomic E-state index is 12.7. The molecule has 5 nitrogen and oxygen atoms in total. The van der Waals surface area contributed by atoms with E-state index in [0.29, 0.717) is 32.8 Å². The molecular formula is C22H20Cl2N2O3S. The van der Waals surface area contributed by atoms with E-state index in [1.54, 1.807) is 19.1 Å². The summed E-state index contributed by atoms with van der Waals surface area (Å²) in [6, 6.07) is 14.6. The topological polar surface area (TPSA) is 81.4 Å². The molecule has 3 N–H and O–H groups in total. The van der Waals surface area contributed by atoms with Crippen LogP contribution in [0.3, 0.4) is 0 Å². The average Bonchev–Trinajstić information content (AvgIpc) is 2.99. The molecule has 3 rings (SSSR count). The van der Waals surface area contributed by atoms with E-state index in [0.717, 1.165) is 16.0 Å². The molecule has 0 unspecified atom stereocenters. The minimum Gasteiger partial charge on any atom is -0.479 e. The second kappa shape index (κ2) is 9.51. The zero-order valence-electron chi connectivity index (χ0n) is 16.4. The summed E-state index contributed by atoms with van der Waals surface area (Å²) in [6.07, 6.45) is -0.218. The molecule has 2 amide bonds. The molecule has 1 atom stereocenters. The third-order valence-electron chi connectivity index (χ3n) is 4.50. The summed E-state index contributed by atoms with van der Waals surface area (Å²) in [5.41, 5.74) is 7.77. The molecular weight excluding hydrogens is 443 g/mol. The molecule has 0 spiro atoms. The molecule has 0 bridgehead atoms. The first kappa shape index (κ1) is 22.2. The number of hydrogen-bond donors (Lipinski definition) is 2. The Morgan fingerprint density at radius 2 is 1.87 bits per heavy atom. The third-order valence-corrected chi connectivity index (χ3v) is 6.24. The normalized spacial score (nSPS) is 11.7. The summed E-state index contributed by atoms with van der Waals surface area (Å²) >= 11 is 13.3. The van der Waals surface area contributed by atoms with E-state index in [1.165, 1.54) is 17.4 Å². The summed E-state index contributed by atoms with van der Waals surface area (Å²) < 4.78 is 5.65. The van der Waals surface area contributed by atoms with Crippen LogP contribution in [0.1, 0.15) is 33.3 Å². The van der Waals surface area contributed by atoms with Crippen molar-refractivity contribution in [1.82, 2.24) is 0 Å². The van der Waals surface area contributed by atoms with E-state index in [2.05, 4.69) is 5.32 Å². The van der Waals surface area contributed by atoms with Gasteiger partial charge in [-0.2, -0.15) is 0 Å². The molecule has 0 aliphatic heterocycles. The summed E-state index contributed by atoms with van der Waals surface area (Å²) in [6.45, 7) is 3.42. The first-order valence-corrected chi connectivity index (χ1v) is 10.7. The van der Waals surface area contributed by atoms with Gasteiger partial charge in [-0.3, -0.25) is 9.59 Å². The number of amides is 2. The van der Waals surface area contributed by atoms with Gasteiger partial charge in [0.1, 0.15) is 10.8 Å². The van der Waals surface area contributed by atoms with E-state index in [9.17, 15) is 9.59 Å². The van der Waals surface area contributed by atoms with Crippen molar-refractivity contribution in [3.63, 3.8) is 0 Å². The molecule has 0 saturated heterocycles. The maximum Gasteiger partial charge on any atom is 0.265 e. The second-order valence-electron chi connectivity index (χ2n) is 6.71. The fourth-order valence-electron chi connectivity index (χ4n) is 2.92. The van der Waals surface area contributed by atoms with Crippen molar-refractivity contribution in [3.05, 3.63) is 80.1 Å². The summed E-state index contributed by atoms with van der Waals surface area (Å²) in [5.74, 6) is -0.672. The van der Waals surface area contributed by atoms with Crippen molar-refractivity contribution >= 4 is 51.4 Å². The van der Waals surface area contributed by atoms with Crippen LogP contribution in [0.4, 0.5) is 5.00 Å². The number of nitrogens with two attached hydrogens (primary N) is 1. The molecule has 0 aliphatic rings. The smallest absolute Gasteiger partial charge is 0.265 e. The quantitative estimate of drug-likeness (QED) is 0.488. The monoisotopic (exact) mass is 462 g/mol. The minimum absolute atomic E-state index is 0.303. The molecule has 0 radical (unpaired) electrons. The Kier molecular flexibility index (Phi) is 7.02. The van der Waals surface area contributed by atoms with Gasteiger partial charge in [-0.05, 0) is 43.2 Å². The highest BCUT2D eigenvalue weighted by Crippen LogP contribution is 2.35. The van der Waals surface area contributed by atoms with Crippen LogP contribution in [0, 0.1) is 6.92 Å². The lowest BCUT2D eigenvalue weighted by Crippen LogP contribution is -2.30. The Morgan fingerprint density at radius 1 is 1.17 bits per heavy atom. The Hall–Kier alpha value is -2.54. The number of rotatable bonds is 7. The highest BCUT2D eigenvalue weighted by atomic mass is 35.5. The van der Waals surface area contributed by atoms with E-state index in [4.69, 9.17) is 33.7 Å².